The van der Waals surface area contributed by atoms with Gasteiger partial charge in [-0.2, -0.15) is 0 Å². The van der Waals surface area contributed by atoms with Crippen molar-refractivity contribution in [1.29, 1.82) is 0 Å². The molecule has 0 aliphatic carbocycles. The van der Waals surface area contributed by atoms with E-state index in [-0.39, 0.29) is 5.91 Å². The maximum Gasteiger partial charge on any atom is 0.246 e. The molecule has 1 fully saturated rings. The highest BCUT2D eigenvalue weighted by Gasteiger charge is 2.22. The molecule has 1 amide bonds. The van der Waals surface area contributed by atoms with Crippen molar-refractivity contribution in [2.75, 3.05) is 13.1 Å². The zero-order valence-electron chi connectivity index (χ0n) is 14.5. The number of benzene rings is 1. The number of carbonyl (C=O) groups excluding carboxylic acids is 1. The first-order valence-corrected chi connectivity index (χ1v) is 9.31. The predicted molar refractivity (Wildman–Crippen MR) is 97.5 cm³/mol. The summed E-state index contributed by atoms with van der Waals surface area (Å²) in [6.45, 7) is 4.01. The van der Waals surface area contributed by atoms with Crippen molar-refractivity contribution in [3.05, 3.63) is 48.0 Å². The van der Waals surface area contributed by atoms with E-state index >= 15 is 0 Å². The molecule has 0 atom stereocenters. The Morgan fingerprint density at radius 3 is 2.48 bits per heavy atom. The third kappa shape index (κ3) is 6.21. The topological polar surface area (TPSA) is 20.3 Å². The lowest BCUT2D eigenvalue weighted by molar-refractivity contribution is -0.127. The summed E-state index contributed by atoms with van der Waals surface area (Å²) in [5.41, 5.74) is 1.42. The monoisotopic (exact) mass is 313 g/mol. The van der Waals surface area contributed by atoms with Crippen LogP contribution in [0.3, 0.4) is 0 Å². The summed E-state index contributed by atoms with van der Waals surface area (Å²) in [6, 6.07) is 10.7. The molecule has 2 nitrogen and oxygen atoms in total. The van der Waals surface area contributed by atoms with Crippen LogP contribution >= 0.6 is 0 Å². The van der Waals surface area contributed by atoms with E-state index in [0.717, 1.165) is 32.4 Å². The number of piperidine rings is 1. The first-order chi connectivity index (χ1) is 11.3. The molecule has 23 heavy (non-hydrogen) atoms. The molecule has 1 aromatic rings. The van der Waals surface area contributed by atoms with Crippen LogP contribution < -0.4 is 0 Å². The van der Waals surface area contributed by atoms with Gasteiger partial charge in [0.25, 0.3) is 0 Å². The molecule has 0 bridgehead atoms. The van der Waals surface area contributed by atoms with Gasteiger partial charge in [-0.1, -0.05) is 69.0 Å². The van der Waals surface area contributed by atoms with Gasteiger partial charge in [-0.3, -0.25) is 4.79 Å². The second kappa shape index (κ2) is 10.3. The number of likely N-dealkylation sites (tertiary alicyclic amines) is 1. The number of hydrogen-bond acceptors (Lipinski definition) is 1. The third-order valence-corrected chi connectivity index (χ3v) is 4.81. The van der Waals surface area contributed by atoms with E-state index < -0.39 is 0 Å². The fourth-order valence-electron chi connectivity index (χ4n) is 3.31. The van der Waals surface area contributed by atoms with E-state index in [1.165, 1.54) is 37.7 Å². The fraction of sp³-hybridized carbons (Fsp3) is 0.571. The number of carbonyl (C=O) groups is 1. The quantitative estimate of drug-likeness (QED) is 0.470. The average Bonchev–Trinajstić information content (AvgIpc) is 2.61. The summed E-state index contributed by atoms with van der Waals surface area (Å²) in [6.07, 6.45) is 13.5. The summed E-state index contributed by atoms with van der Waals surface area (Å²) < 4.78 is 0. The number of unbranched alkanes of at least 4 members (excludes halogenated alkanes) is 5. The van der Waals surface area contributed by atoms with Crippen LogP contribution in [0.2, 0.25) is 0 Å². The van der Waals surface area contributed by atoms with Crippen LogP contribution in [0.25, 0.3) is 0 Å². The fourth-order valence-corrected chi connectivity index (χ4v) is 3.31. The van der Waals surface area contributed by atoms with Crippen molar-refractivity contribution in [3.8, 4) is 0 Å². The summed E-state index contributed by atoms with van der Waals surface area (Å²) in [7, 11) is 0. The lowest BCUT2D eigenvalue weighted by atomic mass is 9.89. The van der Waals surface area contributed by atoms with Crippen LogP contribution in [0.5, 0.6) is 0 Å². The Morgan fingerprint density at radius 1 is 1.09 bits per heavy atom. The number of rotatable bonds is 8. The highest BCUT2D eigenvalue weighted by Crippen LogP contribution is 2.27. The maximum absolute atomic E-state index is 12.2. The van der Waals surface area contributed by atoms with Gasteiger partial charge in [0.05, 0.1) is 0 Å². The van der Waals surface area contributed by atoms with E-state index in [4.69, 9.17) is 0 Å². The minimum absolute atomic E-state index is 0.199. The molecule has 1 heterocycles. The summed E-state index contributed by atoms with van der Waals surface area (Å²) in [4.78, 5) is 14.2. The standard InChI is InChI=1S/C21H31NO/c1-2-3-4-5-6-7-11-14-21(23)22-17-15-20(16-18-22)19-12-9-8-10-13-19/h8-14,20H,2-7,15-18H2,1H3/b14-11+. The van der Waals surface area contributed by atoms with Gasteiger partial charge in [0.15, 0.2) is 0 Å². The van der Waals surface area contributed by atoms with Gasteiger partial charge in [0, 0.05) is 13.1 Å². The SMILES string of the molecule is CCCCCCC/C=C/C(=O)N1CCC(c2ccccc2)CC1. The van der Waals surface area contributed by atoms with E-state index in [1.54, 1.807) is 6.08 Å². The lowest BCUT2D eigenvalue weighted by Crippen LogP contribution is -2.36. The Kier molecular flexibility index (Phi) is 7.92. The van der Waals surface area contributed by atoms with Crippen molar-refractivity contribution in [1.82, 2.24) is 4.90 Å². The van der Waals surface area contributed by atoms with Crippen LogP contribution in [-0.2, 0) is 4.79 Å². The highest BCUT2D eigenvalue weighted by molar-refractivity contribution is 5.87. The molecule has 2 heteroatoms. The molecule has 2 rings (SSSR count). The van der Waals surface area contributed by atoms with Crippen LogP contribution in [0.1, 0.15) is 69.8 Å². The normalized spacial score (nSPS) is 16.1. The van der Waals surface area contributed by atoms with Gasteiger partial charge in [-0.25, -0.2) is 0 Å². The van der Waals surface area contributed by atoms with Crippen LogP contribution in [-0.4, -0.2) is 23.9 Å². The average molecular weight is 313 g/mol. The van der Waals surface area contributed by atoms with Crippen molar-refractivity contribution in [2.45, 2.75) is 64.2 Å². The predicted octanol–water partition coefficient (Wildman–Crippen LogP) is 5.31. The third-order valence-electron chi connectivity index (χ3n) is 4.81. The highest BCUT2D eigenvalue weighted by atomic mass is 16.2. The van der Waals surface area contributed by atoms with E-state index in [9.17, 15) is 4.79 Å². The molecule has 1 aliphatic rings. The zero-order valence-corrected chi connectivity index (χ0v) is 14.5. The minimum Gasteiger partial charge on any atom is -0.339 e. The number of nitrogens with zero attached hydrogens (tertiary/aromatic N) is 1. The molecule has 1 aliphatic heterocycles. The zero-order chi connectivity index (χ0) is 16.3. The number of allylic oxidation sites excluding steroid dienone is 1. The first-order valence-electron chi connectivity index (χ1n) is 9.31. The smallest absolute Gasteiger partial charge is 0.246 e. The number of hydrogen-bond donors (Lipinski definition) is 0. The van der Waals surface area contributed by atoms with Gasteiger partial charge in [0.2, 0.25) is 5.91 Å². The Labute approximate surface area is 141 Å². The maximum atomic E-state index is 12.2. The van der Waals surface area contributed by atoms with Crippen molar-refractivity contribution in [2.24, 2.45) is 0 Å². The van der Waals surface area contributed by atoms with Crippen molar-refractivity contribution >= 4 is 5.91 Å². The Balaban J connectivity index is 1.65. The molecule has 0 radical (unpaired) electrons. The Morgan fingerprint density at radius 2 is 1.78 bits per heavy atom. The molecule has 126 valence electrons. The molecule has 0 N–H and O–H groups in total. The second-order valence-corrected chi connectivity index (χ2v) is 6.62. The van der Waals surface area contributed by atoms with Gasteiger partial charge >= 0.3 is 0 Å². The van der Waals surface area contributed by atoms with Crippen LogP contribution in [0.4, 0.5) is 0 Å². The van der Waals surface area contributed by atoms with E-state index in [2.05, 4.69) is 43.3 Å². The molecule has 0 saturated carbocycles. The number of amides is 1. The molecule has 1 aromatic carbocycles. The Hall–Kier alpha value is -1.57. The largest absolute Gasteiger partial charge is 0.339 e. The molecule has 0 aromatic heterocycles. The molecular formula is C21H31NO. The summed E-state index contributed by atoms with van der Waals surface area (Å²) >= 11 is 0. The minimum atomic E-state index is 0.199. The van der Waals surface area contributed by atoms with Gasteiger partial charge in [-0.05, 0) is 43.2 Å². The molecule has 0 unspecified atom stereocenters. The molecular weight excluding hydrogens is 282 g/mol. The van der Waals surface area contributed by atoms with Gasteiger partial charge in [0.1, 0.15) is 0 Å². The van der Waals surface area contributed by atoms with E-state index in [0.29, 0.717) is 5.92 Å². The second-order valence-electron chi connectivity index (χ2n) is 6.62. The Bertz CT molecular complexity index is 472. The van der Waals surface area contributed by atoms with Crippen molar-refractivity contribution in [3.63, 3.8) is 0 Å². The summed E-state index contributed by atoms with van der Waals surface area (Å²) in [5.74, 6) is 0.813. The van der Waals surface area contributed by atoms with Crippen LogP contribution in [0, 0.1) is 0 Å². The van der Waals surface area contributed by atoms with Crippen LogP contribution in [0.15, 0.2) is 42.5 Å². The van der Waals surface area contributed by atoms with E-state index in [1.807, 2.05) is 4.90 Å². The molecule has 1 saturated heterocycles. The molecule has 0 spiro atoms. The summed E-state index contributed by atoms with van der Waals surface area (Å²) in [5, 5.41) is 0. The van der Waals surface area contributed by atoms with Crippen molar-refractivity contribution < 1.29 is 4.79 Å². The van der Waals surface area contributed by atoms with Gasteiger partial charge in [-0.15, -0.1) is 0 Å². The first kappa shape index (κ1) is 17.8. The lowest BCUT2D eigenvalue weighted by Gasteiger charge is -2.31. The van der Waals surface area contributed by atoms with Gasteiger partial charge < -0.3 is 4.90 Å².